The van der Waals surface area contributed by atoms with Crippen molar-refractivity contribution >= 4 is 11.8 Å². The fourth-order valence-corrected chi connectivity index (χ4v) is 2.03. The molecule has 1 heteroatoms. The number of rotatable bonds is 2. The minimum atomic E-state index is 1.24. The Labute approximate surface area is 73.1 Å². The lowest BCUT2D eigenvalue weighted by Crippen LogP contribution is -1.74. The van der Waals surface area contributed by atoms with Crippen molar-refractivity contribution in [3.05, 3.63) is 36.0 Å². The van der Waals surface area contributed by atoms with Gasteiger partial charge in [-0.2, -0.15) is 11.8 Å². The van der Waals surface area contributed by atoms with E-state index in [0.717, 1.165) is 0 Å². The Hall–Kier alpha value is -0.430. The highest BCUT2D eigenvalue weighted by atomic mass is 32.2. The van der Waals surface area contributed by atoms with Gasteiger partial charge in [-0.3, -0.25) is 0 Å². The third-order valence-corrected chi connectivity index (χ3v) is 2.67. The number of thioether (sulfide) groups is 1. The molecule has 0 unspecified atom stereocenters. The van der Waals surface area contributed by atoms with E-state index in [0.29, 0.717) is 0 Å². The Morgan fingerprint density at radius 3 is 2.82 bits per heavy atom. The minimum absolute atomic E-state index is 1.24. The number of allylic oxidation sites excluding steroid dienone is 5. The van der Waals surface area contributed by atoms with Gasteiger partial charge < -0.3 is 0 Å². The third kappa shape index (κ3) is 3.47. The van der Waals surface area contributed by atoms with E-state index in [1.54, 1.807) is 5.57 Å². The SMILES string of the molecule is CC=CC=CC=C1CCSC1. The zero-order valence-corrected chi connectivity index (χ0v) is 7.73. The molecular weight excluding hydrogens is 152 g/mol. The predicted octanol–water partition coefficient (Wildman–Crippen LogP) is 3.18. The van der Waals surface area contributed by atoms with Gasteiger partial charge in [-0.15, -0.1) is 0 Å². The van der Waals surface area contributed by atoms with Gasteiger partial charge in [0.1, 0.15) is 0 Å². The van der Waals surface area contributed by atoms with Crippen molar-refractivity contribution in [1.82, 2.24) is 0 Å². The Balaban J connectivity index is 2.33. The second kappa shape index (κ2) is 5.25. The molecule has 0 amide bonds. The van der Waals surface area contributed by atoms with Crippen LogP contribution in [0, 0.1) is 0 Å². The molecule has 0 aromatic heterocycles. The van der Waals surface area contributed by atoms with Crippen LogP contribution in [-0.4, -0.2) is 11.5 Å². The summed E-state index contributed by atoms with van der Waals surface area (Å²) < 4.78 is 0. The van der Waals surface area contributed by atoms with Crippen LogP contribution < -0.4 is 0 Å². The van der Waals surface area contributed by atoms with E-state index < -0.39 is 0 Å². The van der Waals surface area contributed by atoms with E-state index >= 15 is 0 Å². The molecule has 11 heavy (non-hydrogen) atoms. The van der Waals surface area contributed by atoms with Gasteiger partial charge in [0.2, 0.25) is 0 Å². The molecule has 0 aliphatic carbocycles. The van der Waals surface area contributed by atoms with Crippen molar-refractivity contribution in [2.24, 2.45) is 0 Å². The Morgan fingerprint density at radius 1 is 1.27 bits per heavy atom. The van der Waals surface area contributed by atoms with E-state index in [1.165, 1.54) is 17.9 Å². The van der Waals surface area contributed by atoms with Crippen molar-refractivity contribution in [3.63, 3.8) is 0 Å². The van der Waals surface area contributed by atoms with Crippen LogP contribution in [0.5, 0.6) is 0 Å². The lowest BCUT2D eigenvalue weighted by atomic mass is 10.2. The molecule has 0 bridgehead atoms. The van der Waals surface area contributed by atoms with E-state index in [-0.39, 0.29) is 0 Å². The normalized spacial score (nSPS) is 22.8. The van der Waals surface area contributed by atoms with Gasteiger partial charge in [-0.1, -0.05) is 36.0 Å². The van der Waals surface area contributed by atoms with Crippen molar-refractivity contribution in [2.45, 2.75) is 13.3 Å². The zero-order valence-electron chi connectivity index (χ0n) is 6.92. The summed E-state index contributed by atoms with van der Waals surface area (Å²) >= 11 is 2.03. The fraction of sp³-hybridized carbons (Fsp3) is 0.400. The molecule has 0 saturated carbocycles. The highest BCUT2D eigenvalue weighted by Crippen LogP contribution is 2.22. The molecule has 0 aromatic rings. The van der Waals surface area contributed by atoms with Crippen LogP contribution in [0.2, 0.25) is 0 Å². The fourth-order valence-electron chi connectivity index (χ4n) is 0.977. The molecule has 1 aliphatic rings. The molecule has 0 spiro atoms. The van der Waals surface area contributed by atoms with Crippen molar-refractivity contribution in [1.29, 1.82) is 0 Å². The van der Waals surface area contributed by atoms with Gasteiger partial charge in [-0.05, 0) is 19.1 Å². The largest absolute Gasteiger partial charge is 0.157 e. The Kier molecular flexibility index (Phi) is 4.14. The number of hydrogen-bond acceptors (Lipinski definition) is 1. The van der Waals surface area contributed by atoms with Gasteiger partial charge in [-0.25, -0.2) is 0 Å². The van der Waals surface area contributed by atoms with Crippen LogP contribution in [0.15, 0.2) is 36.0 Å². The summed E-state index contributed by atoms with van der Waals surface area (Å²) in [5.74, 6) is 2.55. The van der Waals surface area contributed by atoms with Crippen LogP contribution >= 0.6 is 11.8 Å². The molecule has 60 valence electrons. The monoisotopic (exact) mass is 166 g/mol. The van der Waals surface area contributed by atoms with Crippen LogP contribution in [0.3, 0.4) is 0 Å². The van der Waals surface area contributed by atoms with Gasteiger partial charge in [0.25, 0.3) is 0 Å². The van der Waals surface area contributed by atoms with Gasteiger partial charge in [0.05, 0.1) is 0 Å². The van der Waals surface area contributed by atoms with Crippen molar-refractivity contribution < 1.29 is 0 Å². The molecule has 1 fully saturated rings. The maximum Gasteiger partial charge on any atom is 0.0146 e. The quantitative estimate of drug-likeness (QED) is 0.568. The standard InChI is InChI=1S/C10H14S/c1-2-3-4-5-6-10-7-8-11-9-10/h2-6H,7-9H2,1H3. The average Bonchev–Trinajstić information content (AvgIpc) is 2.50. The topological polar surface area (TPSA) is 0 Å². The molecule has 1 saturated heterocycles. The summed E-state index contributed by atoms with van der Waals surface area (Å²) in [4.78, 5) is 0. The van der Waals surface area contributed by atoms with Crippen molar-refractivity contribution in [2.75, 3.05) is 11.5 Å². The maximum atomic E-state index is 2.24. The summed E-state index contributed by atoms with van der Waals surface area (Å²) in [6, 6.07) is 0. The molecule has 0 aromatic carbocycles. The van der Waals surface area contributed by atoms with Crippen LogP contribution in [0.4, 0.5) is 0 Å². The molecule has 0 atom stereocenters. The summed E-state index contributed by atoms with van der Waals surface area (Å²) in [6.45, 7) is 2.03. The van der Waals surface area contributed by atoms with Gasteiger partial charge in [0.15, 0.2) is 0 Å². The first-order chi connectivity index (χ1) is 5.43. The zero-order chi connectivity index (χ0) is 7.94. The molecular formula is C10H14S. The molecule has 1 heterocycles. The van der Waals surface area contributed by atoms with E-state index in [2.05, 4.69) is 24.3 Å². The molecule has 1 aliphatic heterocycles. The van der Waals surface area contributed by atoms with Gasteiger partial charge >= 0.3 is 0 Å². The third-order valence-electron chi connectivity index (χ3n) is 1.60. The van der Waals surface area contributed by atoms with Crippen LogP contribution in [-0.2, 0) is 0 Å². The second-order valence-corrected chi connectivity index (χ2v) is 3.64. The van der Waals surface area contributed by atoms with Crippen LogP contribution in [0.1, 0.15) is 13.3 Å². The molecule has 1 rings (SSSR count). The number of hydrogen-bond donors (Lipinski definition) is 0. The maximum absolute atomic E-state index is 2.24. The van der Waals surface area contributed by atoms with Crippen LogP contribution in [0.25, 0.3) is 0 Å². The van der Waals surface area contributed by atoms with Gasteiger partial charge in [0, 0.05) is 5.75 Å². The lowest BCUT2D eigenvalue weighted by Gasteiger charge is -1.86. The van der Waals surface area contributed by atoms with E-state index in [1.807, 2.05) is 24.8 Å². The smallest absolute Gasteiger partial charge is 0.0146 e. The molecule has 0 radical (unpaired) electrons. The molecule has 0 N–H and O–H groups in total. The highest BCUT2D eigenvalue weighted by molar-refractivity contribution is 7.99. The first-order valence-corrected chi connectivity index (χ1v) is 5.14. The minimum Gasteiger partial charge on any atom is -0.157 e. The van der Waals surface area contributed by atoms with Crippen molar-refractivity contribution in [3.8, 4) is 0 Å². The lowest BCUT2D eigenvalue weighted by molar-refractivity contribution is 1.17. The summed E-state index contributed by atoms with van der Waals surface area (Å²) in [6.07, 6.45) is 11.8. The summed E-state index contributed by atoms with van der Waals surface area (Å²) in [7, 11) is 0. The highest BCUT2D eigenvalue weighted by Gasteiger charge is 2.04. The predicted molar refractivity (Wildman–Crippen MR) is 54.0 cm³/mol. The average molecular weight is 166 g/mol. The van der Waals surface area contributed by atoms with E-state index in [9.17, 15) is 0 Å². The summed E-state index contributed by atoms with van der Waals surface area (Å²) in [5.41, 5.74) is 1.58. The van der Waals surface area contributed by atoms with E-state index in [4.69, 9.17) is 0 Å². The Bertz CT molecular complexity index is 179. The Morgan fingerprint density at radius 2 is 2.18 bits per heavy atom. The first kappa shape index (κ1) is 8.66. The summed E-state index contributed by atoms with van der Waals surface area (Å²) in [5, 5.41) is 0. The second-order valence-electron chi connectivity index (χ2n) is 2.54. The molecule has 0 nitrogen and oxygen atoms in total. The first-order valence-electron chi connectivity index (χ1n) is 3.98.